The molecule has 1 aromatic carbocycles. The topological polar surface area (TPSA) is 103 Å². The number of anilines is 1. The van der Waals surface area contributed by atoms with Gasteiger partial charge in [-0.05, 0) is 38.0 Å². The van der Waals surface area contributed by atoms with Gasteiger partial charge in [-0.3, -0.25) is 10.2 Å². The molecule has 0 saturated heterocycles. The number of nitrogens with one attached hydrogen (secondary N) is 3. The zero-order chi connectivity index (χ0) is 22.8. The molecule has 3 rings (SSSR count). The summed E-state index contributed by atoms with van der Waals surface area (Å²) in [5.74, 6) is -0.242. The van der Waals surface area contributed by atoms with Crippen molar-refractivity contribution in [2.24, 2.45) is 0 Å². The Morgan fingerprint density at radius 1 is 1.27 bits per heavy atom. The van der Waals surface area contributed by atoms with E-state index in [4.69, 9.17) is 10.8 Å². The molecular weight excluding hydrogens is 401 g/mol. The maximum absolute atomic E-state index is 13.6. The molecule has 160 valence electrons. The minimum absolute atomic E-state index is 0.0711. The lowest BCUT2D eigenvalue weighted by molar-refractivity contribution is 0.101. The number of ketones is 1. The van der Waals surface area contributed by atoms with Crippen LogP contribution >= 0.6 is 11.8 Å². The first-order valence-corrected chi connectivity index (χ1v) is 10.4. The zero-order valence-electron chi connectivity index (χ0n) is 18.0. The number of benzene rings is 1. The second-order valence-corrected chi connectivity index (χ2v) is 7.19. The number of hydrogen-bond donors (Lipinski definition) is 3. The van der Waals surface area contributed by atoms with E-state index < -0.39 is 5.82 Å². The Balaban J connectivity index is 0.000000565. The molecule has 3 N–H and O–H groups in total. The Kier molecular flexibility index (Phi) is 10.0. The molecule has 0 fully saturated rings. The van der Waals surface area contributed by atoms with E-state index in [-0.39, 0.29) is 11.3 Å². The van der Waals surface area contributed by atoms with E-state index >= 15 is 0 Å². The number of thioether (sulfide) groups is 1. The average molecular weight is 430 g/mol. The van der Waals surface area contributed by atoms with Crippen molar-refractivity contribution in [1.29, 1.82) is 10.8 Å². The third-order valence-corrected chi connectivity index (χ3v) is 5.01. The molecule has 30 heavy (non-hydrogen) atoms. The highest BCUT2D eigenvalue weighted by atomic mass is 32.2. The summed E-state index contributed by atoms with van der Waals surface area (Å²) in [6.07, 6.45) is 2.30. The molecule has 8 heteroatoms. The van der Waals surface area contributed by atoms with E-state index in [1.165, 1.54) is 37.1 Å². The first kappa shape index (κ1) is 25.2. The van der Waals surface area contributed by atoms with Crippen molar-refractivity contribution in [2.45, 2.75) is 52.5 Å². The van der Waals surface area contributed by atoms with Gasteiger partial charge in [-0.2, -0.15) is 0 Å². The molecule has 0 saturated carbocycles. The second kappa shape index (κ2) is 12.0. The number of fused-ring (bicyclic) bond motifs is 1. The molecule has 0 unspecified atom stereocenters. The Morgan fingerprint density at radius 2 is 1.90 bits per heavy atom. The van der Waals surface area contributed by atoms with Crippen LogP contribution in [0.2, 0.25) is 0 Å². The van der Waals surface area contributed by atoms with Crippen molar-refractivity contribution >= 4 is 39.7 Å². The van der Waals surface area contributed by atoms with E-state index in [1.807, 2.05) is 20.8 Å². The first-order chi connectivity index (χ1) is 14.2. The highest BCUT2D eigenvalue weighted by Gasteiger charge is 2.25. The Morgan fingerprint density at radius 3 is 2.47 bits per heavy atom. The van der Waals surface area contributed by atoms with Crippen molar-refractivity contribution < 1.29 is 9.18 Å². The van der Waals surface area contributed by atoms with Crippen molar-refractivity contribution in [3.8, 4) is 0 Å². The van der Waals surface area contributed by atoms with Crippen molar-refractivity contribution in [2.75, 3.05) is 5.32 Å². The van der Waals surface area contributed by atoms with Gasteiger partial charge in [-0.1, -0.05) is 45.2 Å². The van der Waals surface area contributed by atoms with Gasteiger partial charge in [-0.15, -0.1) is 0 Å². The van der Waals surface area contributed by atoms with Crippen LogP contribution in [0, 0.1) is 16.6 Å². The predicted molar refractivity (Wildman–Crippen MR) is 123 cm³/mol. The number of carbonyl (C=O) groups excluding carboxylic acids is 1. The van der Waals surface area contributed by atoms with E-state index in [0.717, 1.165) is 22.6 Å². The summed E-state index contributed by atoms with van der Waals surface area (Å²) in [5, 5.41) is 18.1. The van der Waals surface area contributed by atoms with Crippen LogP contribution in [0.25, 0.3) is 5.57 Å². The van der Waals surface area contributed by atoms with Gasteiger partial charge in [0.2, 0.25) is 0 Å². The number of hydrogen-bond acceptors (Lipinski definition) is 7. The van der Waals surface area contributed by atoms with Crippen LogP contribution in [-0.4, -0.2) is 26.5 Å². The molecule has 2 heterocycles. The van der Waals surface area contributed by atoms with E-state index in [2.05, 4.69) is 21.9 Å². The van der Waals surface area contributed by atoms with Crippen LogP contribution in [0.3, 0.4) is 0 Å². The largest absolute Gasteiger partial charge is 0.365 e. The average Bonchev–Trinajstić information content (AvgIpc) is 3.03. The number of halogens is 1. The fourth-order valence-corrected chi connectivity index (χ4v) is 3.14. The third kappa shape index (κ3) is 6.59. The lowest BCUT2D eigenvalue weighted by Gasteiger charge is -2.09. The highest BCUT2D eigenvalue weighted by Crippen LogP contribution is 2.41. The number of rotatable bonds is 5. The molecule has 0 amide bonds. The molecule has 2 aromatic rings. The molecule has 1 aromatic heterocycles. The van der Waals surface area contributed by atoms with Crippen molar-refractivity contribution in [1.82, 2.24) is 9.97 Å². The molecule has 0 aliphatic carbocycles. The van der Waals surface area contributed by atoms with Crippen LogP contribution < -0.4 is 5.32 Å². The van der Waals surface area contributed by atoms with Gasteiger partial charge >= 0.3 is 0 Å². The van der Waals surface area contributed by atoms with Gasteiger partial charge in [0, 0.05) is 17.8 Å². The summed E-state index contributed by atoms with van der Waals surface area (Å²) < 4.78 is 13.6. The molecule has 0 radical (unpaired) electrons. The summed E-state index contributed by atoms with van der Waals surface area (Å²) in [5.41, 5.74) is 2.82. The first-order valence-electron chi connectivity index (χ1n) is 9.62. The number of aromatic nitrogens is 2. The van der Waals surface area contributed by atoms with Gasteiger partial charge in [0.05, 0.1) is 16.2 Å². The quantitative estimate of drug-likeness (QED) is 0.400. The highest BCUT2D eigenvalue weighted by molar-refractivity contribution is 8.15. The Bertz CT molecular complexity index is 959. The van der Waals surface area contributed by atoms with Crippen LogP contribution in [0.4, 0.5) is 10.2 Å². The van der Waals surface area contributed by atoms with Crippen LogP contribution in [0.5, 0.6) is 0 Å². The lowest BCUT2D eigenvalue weighted by atomic mass is 10.1. The maximum Gasteiger partial charge on any atom is 0.162 e. The van der Waals surface area contributed by atoms with Crippen molar-refractivity contribution in [3.05, 3.63) is 53.7 Å². The number of nitrogens with zero attached hydrogens (tertiary/aromatic N) is 2. The molecule has 0 atom stereocenters. The summed E-state index contributed by atoms with van der Waals surface area (Å²) in [6, 6.07) is 4.43. The van der Waals surface area contributed by atoms with Gasteiger partial charge in [0.25, 0.3) is 0 Å². The number of Topliss-reactive ketones (excluding diaryl/α,β-unsaturated/α-hetero) is 1. The van der Waals surface area contributed by atoms with Crippen LogP contribution in [0.15, 0.2) is 36.0 Å². The molecule has 1 aliphatic rings. The third-order valence-electron chi connectivity index (χ3n) is 3.97. The van der Waals surface area contributed by atoms with Gasteiger partial charge in [0.15, 0.2) is 5.78 Å². The minimum atomic E-state index is -0.524. The van der Waals surface area contributed by atoms with Crippen molar-refractivity contribution in [3.63, 3.8) is 0 Å². The summed E-state index contributed by atoms with van der Waals surface area (Å²) >= 11 is 1.25. The summed E-state index contributed by atoms with van der Waals surface area (Å²) in [4.78, 5) is 20.5. The molecule has 0 bridgehead atoms. The molecule has 0 spiro atoms. The molecule has 6 nitrogen and oxygen atoms in total. The monoisotopic (exact) mass is 429 g/mol. The Labute approximate surface area is 181 Å². The zero-order valence-corrected chi connectivity index (χ0v) is 18.8. The van der Waals surface area contributed by atoms with E-state index in [0.29, 0.717) is 28.7 Å². The van der Waals surface area contributed by atoms with Gasteiger partial charge in [-0.25, -0.2) is 14.4 Å². The van der Waals surface area contributed by atoms with Crippen LogP contribution in [-0.2, 0) is 6.54 Å². The second-order valence-electron chi connectivity index (χ2n) is 6.17. The minimum Gasteiger partial charge on any atom is -0.365 e. The number of carbonyl (C=O) groups is 1. The predicted octanol–water partition coefficient (Wildman–Crippen LogP) is 5.99. The summed E-state index contributed by atoms with van der Waals surface area (Å²) in [7, 11) is 0. The van der Waals surface area contributed by atoms with E-state index in [1.54, 1.807) is 13.0 Å². The normalized spacial score (nSPS) is 11.5. The van der Waals surface area contributed by atoms with Crippen LogP contribution in [0.1, 0.15) is 62.7 Å². The maximum atomic E-state index is 13.6. The fourth-order valence-electron chi connectivity index (χ4n) is 2.22. The lowest BCUT2D eigenvalue weighted by Crippen LogP contribution is -2.06. The van der Waals surface area contributed by atoms with E-state index in [9.17, 15) is 9.18 Å². The standard InChI is InChI=1S/C16H13FN4OS.C4H9N.C2H6/c1-8-13-14(23-15(8)18)16(21-7-20-13)19-6-10-3-4-12(17)11(5-10)9(2)22;1-3-4(2)5;1-2/h3-5,7,18H,1,6H2,2H3,(H,19,20,21);5H,3H2,1-2H3;1-2H3. The SMILES string of the molecule is C=C1C(=N)Sc2c(NCc3ccc(F)c(C(C)=O)c3)ncnc21.CC.CCC(C)=N. The molecular formula is C22H28FN5OS. The van der Waals surface area contributed by atoms with Gasteiger partial charge < -0.3 is 10.7 Å². The Hall–Kier alpha value is -2.87. The fraction of sp³-hybridized carbons (Fsp3) is 0.318. The van der Waals surface area contributed by atoms with Gasteiger partial charge in [0.1, 0.15) is 23.0 Å². The summed E-state index contributed by atoms with van der Waals surface area (Å²) in [6.45, 7) is 13.3. The smallest absolute Gasteiger partial charge is 0.162 e. The molecule has 1 aliphatic heterocycles.